The monoisotopic (exact) mass is 220 g/mol. The Labute approximate surface area is 95.0 Å². The number of carboxylic acids is 1. The fourth-order valence-corrected chi connectivity index (χ4v) is 1.87. The Morgan fingerprint density at radius 1 is 1.38 bits per heavy atom. The van der Waals surface area contributed by atoms with Crippen LogP contribution in [0.15, 0.2) is 30.3 Å². The van der Waals surface area contributed by atoms with Gasteiger partial charge in [0.25, 0.3) is 0 Å². The maximum atomic E-state index is 10.6. The molecule has 1 fully saturated rings. The average molecular weight is 220 g/mol. The number of hydrogen-bond acceptors (Lipinski definition) is 2. The van der Waals surface area contributed by atoms with Crippen molar-refractivity contribution in [2.75, 3.05) is 6.61 Å². The van der Waals surface area contributed by atoms with Gasteiger partial charge in [0.15, 0.2) is 0 Å². The highest BCUT2D eigenvalue weighted by Crippen LogP contribution is 2.41. The van der Waals surface area contributed by atoms with Crippen LogP contribution in [-0.4, -0.2) is 17.7 Å². The lowest BCUT2D eigenvalue weighted by molar-refractivity contribution is -0.138. The first-order valence-electron chi connectivity index (χ1n) is 5.62. The fraction of sp³-hybridized carbons (Fsp3) is 0.462. The van der Waals surface area contributed by atoms with Gasteiger partial charge in [0, 0.05) is 6.61 Å². The molecule has 0 bridgehead atoms. The van der Waals surface area contributed by atoms with Gasteiger partial charge < -0.3 is 9.84 Å². The Balaban J connectivity index is 1.58. The lowest BCUT2D eigenvalue weighted by Gasteiger charge is -2.03. The van der Waals surface area contributed by atoms with Crippen molar-refractivity contribution in [2.24, 2.45) is 11.8 Å². The van der Waals surface area contributed by atoms with E-state index in [0.717, 1.165) is 18.4 Å². The van der Waals surface area contributed by atoms with E-state index >= 15 is 0 Å². The van der Waals surface area contributed by atoms with Gasteiger partial charge >= 0.3 is 5.97 Å². The lowest BCUT2D eigenvalue weighted by Crippen LogP contribution is -2.02. The van der Waals surface area contributed by atoms with Gasteiger partial charge in [0.1, 0.15) is 0 Å². The molecule has 3 heteroatoms. The number of hydrogen-bond donors (Lipinski definition) is 1. The van der Waals surface area contributed by atoms with Crippen LogP contribution in [0.3, 0.4) is 0 Å². The minimum absolute atomic E-state index is 0.111. The van der Waals surface area contributed by atoms with Crippen molar-refractivity contribution in [3.8, 4) is 0 Å². The molecule has 16 heavy (non-hydrogen) atoms. The van der Waals surface area contributed by atoms with Gasteiger partial charge in [0.05, 0.1) is 12.5 Å². The van der Waals surface area contributed by atoms with Gasteiger partial charge in [-0.05, 0) is 24.3 Å². The number of ether oxygens (including phenoxy) is 1. The zero-order valence-corrected chi connectivity index (χ0v) is 9.13. The molecule has 86 valence electrons. The fourth-order valence-electron chi connectivity index (χ4n) is 1.87. The van der Waals surface area contributed by atoms with Gasteiger partial charge in [-0.15, -0.1) is 0 Å². The van der Waals surface area contributed by atoms with E-state index in [0.29, 0.717) is 19.1 Å². The number of carboxylic acid groups (broad SMARTS) is 1. The largest absolute Gasteiger partial charge is 0.481 e. The molecule has 1 aromatic carbocycles. The summed E-state index contributed by atoms with van der Waals surface area (Å²) in [4.78, 5) is 10.6. The smallest absolute Gasteiger partial charge is 0.306 e. The van der Waals surface area contributed by atoms with Crippen molar-refractivity contribution in [2.45, 2.75) is 19.4 Å². The van der Waals surface area contributed by atoms with Crippen molar-refractivity contribution >= 4 is 5.97 Å². The topological polar surface area (TPSA) is 46.5 Å². The van der Waals surface area contributed by atoms with Crippen molar-refractivity contribution in [1.82, 2.24) is 0 Å². The molecule has 0 unspecified atom stereocenters. The maximum absolute atomic E-state index is 10.6. The standard InChI is InChI=1S/C13H16O3/c14-13(15)12-8-11(12)6-7-16-9-10-4-2-1-3-5-10/h1-5,11-12H,6-9H2,(H,14,15)/t11-,12-/m0/s1. The van der Waals surface area contributed by atoms with Crippen LogP contribution in [0.2, 0.25) is 0 Å². The van der Waals surface area contributed by atoms with Gasteiger partial charge in [0.2, 0.25) is 0 Å². The van der Waals surface area contributed by atoms with Crippen LogP contribution in [0.1, 0.15) is 18.4 Å². The number of aliphatic carboxylic acids is 1. The number of carbonyl (C=O) groups is 1. The molecule has 0 radical (unpaired) electrons. The lowest BCUT2D eigenvalue weighted by atomic mass is 10.2. The van der Waals surface area contributed by atoms with E-state index in [-0.39, 0.29) is 5.92 Å². The Bertz CT molecular complexity index is 347. The third-order valence-electron chi connectivity index (χ3n) is 2.98. The minimum Gasteiger partial charge on any atom is -0.481 e. The van der Waals surface area contributed by atoms with Gasteiger partial charge in [-0.2, -0.15) is 0 Å². The maximum Gasteiger partial charge on any atom is 0.306 e. The molecule has 1 aliphatic carbocycles. The third kappa shape index (κ3) is 3.07. The van der Waals surface area contributed by atoms with Crippen molar-refractivity contribution in [3.05, 3.63) is 35.9 Å². The van der Waals surface area contributed by atoms with E-state index in [1.807, 2.05) is 30.3 Å². The second-order valence-corrected chi connectivity index (χ2v) is 4.27. The summed E-state index contributed by atoms with van der Waals surface area (Å²) in [6, 6.07) is 10.00. The highest BCUT2D eigenvalue weighted by molar-refractivity contribution is 5.73. The van der Waals surface area contributed by atoms with Crippen LogP contribution in [0.25, 0.3) is 0 Å². The highest BCUT2D eigenvalue weighted by Gasteiger charge is 2.42. The summed E-state index contributed by atoms with van der Waals surface area (Å²) in [6.07, 6.45) is 1.69. The van der Waals surface area contributed by atoms with Gasteiger partial charge in [-0.25, -0.2) is 0 Å². The predicted molar refractivity (Wildman–Crippen MR) is 59.9 cm³/mol. The van der Waals surface area contributed by atoms with E-state index < -0.39 is 5.97 Å². The molecule has 1 aromatic rings. The molecule has 1 N–H and O–H groups in total. The Kier molecular flexibility index (Phi) is 3.57. The molecular weight excluding hydrogens is 204 g/mol. The first kappa shape index (κ1) is 11.1. The molecule has 0 heterocycles. The molecule has 2 rings (SSSR count). The van der Waals surface area contributed by atoms with Crippen molar-refractivity contribution < 1.29 is 14.6 Å². The molecule has 0 saturated heterocycles. The van der Waals surface area contributed by atoms with Crippen LogP contribution < -0.4 is 0 Å². The number of benzene rings is 1. The Hall–Kier alpha value is -1.35. The summed E-state index contributed by atoms with van der Waals surface area (Å²) in [6.45, 7) is 1.27. The first-order chi connectivity index (χ1) is 7.77. The zero-order chi connectivity index (χ0) is 11.4. The Morgan fingerprint density at radius 3 is 2.75 bits per heavy atom. The van der Waals surface area contributed by atoms with E-state index in [4.69, 9.17) is 9.84 Å². The summed E-state index contributed by atoms with van der Waals surface area (Å²) >= 11 is 0. The minimum atomic E-state index is -0.659. The summed E-state index contributed by atoms with van der Waals surface area (Å²) in [5.74, 6) is -0.429. The molecule has 1 saturated carbocycles. The third-order valence-corrected chi connectivity index (χ3v) is 2.98. The van der Waals surface area contributed by atoms with E-state index in [2.05, 4.69) is 0 Å². The highest BCUT2D eigenvalue weighted by atomic mass is 16.5. The predicted octanol–water partition coefficient (Wildman–Crippen LogP) is 2.31. The van der Waals surface area contributed by atoms with E-state index in [1.54, 1.807) is 0 Å². The zero-order valence-electron chi connectivity index (χ0n) is 9.13. The quantitative estimate of drug-likeness (QED) is 0.748. The van der Waals surface area contributed by atoms with Gasteiger partial charge in [-0.3, -0.25) is 4.79 Å². The summed E-state index contributed by atoms with van der Waals surface area (Å²) in [5, 5.41) is 8.72. The van der Waals surface area contributed by atoms with Crippen LogP contribution in [0.5, 0.6) is 0 Å². The van der Waals surface area contributed by atoms with E-state index in [9.17, 15) is 4.79 Å². The summed E-state index contributed by atoms with van der Waals surface area (Å²) < 4.78 is 5.51. The number of rotatable bonds is 6. The molecule has 0 amide bonds. The van der Waals surface area contributed by atoms with Crippen molar-refractivity contribution in [1.29, 1.82) is 0 Å². The molecule has 2 atom stereocenters. The van der Waals surface area contributed by atoms with Crippen LogP contribution in [0, 0.1) is 11.8 Å². The SMILES string of the molecule is O=C(O)[C@H]1C[C@@H]1CCOCc1ccccc1. The van der Waals surface area contributed by atoms with Crippen molar-refractivity contribution in [3.63, 3.8) is 0 Å². The van der Waals surface area contributed by atoms with Crippen LogP contribution >= 0.6 is 0 Å². The summed E-state index contributed by atoms with van der Waals surface area (Å²) in [5.41, 5.74) is 1.16. The second kappa shape index (κ2) is 5.12. The molecular formula is C13H16O3. The van der Waals surface area contributed by atoms with Crippen LogP contribution in [-0.2, 0) is 16.1 Å². The second-order valence-electron chi connectivity index (χ2n) is 4.27. The Morgan fingerprint density at radius 2 is 2.12 bits per heavy atom. The molecule has 1 aliphatic rings. The van der Waals surface area contributed by atoms with Crippen LogP contribution in [0.4, 0.5) is 0 Å². The molecule has 0 aliphatic heterocycles. The normalized spacial score (nSPS) is 23.0. The molecule has 0 spiro atoms. The molecule has 3 nitrogen and oxygen atoms in total. The first-order valence-corrected chi connectivity index (χ1v) is 5.62. The van der Waals surface area contributed by atoms with E-state index in [1.165, 1.54) is 0 Å². The molecule has 0 aromatic heterocycles. The average Bonchev–Trinajstić information content (AvgIpc) is 3.05. The summed E-state index contributed by atoms with van der Waals surface area (Å²) in [7, 11) is 0. The van der Waals surface area contributed by atoms with Gasteiger partial charge in [-0.1, -0.05) is 30.3 Å².